The number of nitrogens with zero attached hydrogens (tertiary/aromatic N) is 1. The Balaban J connectivity index is 2.71. The van der Waals surface area contributed by atoms with Crippen LogP contribution in [0.25, 0.3) is 0 Å². The van der Waals surface area contributed by atoms with Gasteiger partial charge in [0.15, 0.2) is 0 Å². The summed E-state index contributed by atoms with van der Waals surface area (Å²) in [5.41, 5.74) is 0.230. The number of amides is 1. The maximum Gasteiger partial charge on any atom is 0.374 e. The van der Waals surface area contributed by atoms with Crippen LogP contribution in [0.5, 0.6) is 0 Å². The number of esters is 1. The predicted octanol–water partition coefficient (Wildman–Crippen LogP) is 0.848. The largest absolute Gasteiger partial charge is 0.463 e. The Bertz CT molecular complexity index is 517. The molecule has 0 N–H and O–H groups in total. The molecule has 0 saturated carbocycles. The number of carbonyl (C=O) groups is 3. The van der Waals surface area contributed by atoms with Crippen molar-refractivity contribution in [1.29, 1.82) is 0 Å². The van der Waals surface area contributed by atoms with E-state index in [4.69, 9.17) is 4.84 Å². The van der Waals surface area contributed by atoms with Crippen LogP contribution in [0.15, 0.2) is 24.3 Å². The van der Waals surface area contributed by atoms with Crippen LogP contribution in [0.2, 0.25) is 0 Å². The summed E-state index contributed by atoms with van der Waals surface area (Å²) in [7, 11) is 2.25. The second kappa shape index (κ2) is 7.34. The van der Waals surface area contributed by atoms with E-state index < -0.39 is 29.9 Å². The first-order valence-corrected chi connectivity index (χ1v) is 5.68. The predicted molar refractivity (Wildman–Crippen MR) is 65.6 cm³/mol. The van der Waals surface area contributed by atoms with Crippen molar-refractivity contribution in [2.45, 2.75) is 13.0 Å². The fourth-order valence-corrected chi connectivity index (χ4v) is 1.45. The minimum Gasteiger partial charge on any atom is -0.463 e. The Hall–Kier alpha value is -2.28. The lowest BCUT2D eigenvalue weighted by atomic mass is 10.2. The third kappa shape index (κ3) is 4.13. The number of benzene rings is 1. The smallest absolute Gasteiger partial charge is 0.374 e. The first kappa shape index (κ1) is 15.8. The molecule has 108 valence electrons. The Morgan fingerprint density at radius 2 is 1.85 bits per heavy atom. The van der Waals surface area contributed by atoms with Gasteiger partial charge in [0.2, 0.25) is 5.78 Å². The molecule has 0 aliphatic rings. The van der Waals surface area contributed by atoms with Gasteiger partial charge in [0.25, 0.3) is 5.91 Å². The van der Waals surface area contributed by atoms with E-state index in [1.807, 2.05) is 0 Å². The Morgan fingerprint density at radius 3 is 2.40 bits per heavy atom. The van der Waals surface area contributed by atoms with E-state index >= 15 is 0 Å². The number of hydrogen-bond donors (Lipinski definition) is 0. The van der Waals surface area contributed by atoms with Crippen LogP contribution in [-0.4, -0.2) is 36.9 Å². The van der Waals surface area contributed by atoms with Crippen LogP contribution in [0.1, 0.15) is 12.0 Å². The van der Waals surface area contributed by atoms with Gasteiger partial charge >= 0.3 is 5.97 Å². The quantitative estimate of drug-likeness (QED) is 0.335. The van der Waals surface area contributed by atoms with Crippen molar-refractivity contribution in [1.82, 2.24) is 5.06 Å². The summed E-state index contributed by atoms with van der Waals surface area (Å²) in [6, 6.07) is 5.85. The average molecular weight is 283 g/mol. The number of halogens is 1. The van der Waals surface area contributed by atoms with Gasteiger partial charge in [-0.3, -0.25) is 14.4 Å². The minimum absolute atomic E-state index is 0.170. The van der Waals surface area contributed by atoms with Crippen LogP contribution >= 0.6 is 0 Å². The number of hydrogen-bond acceptors (Lipinski definition) is 5. The number of carbonyl (C=O) groups excluding carboxylic acids is 3. The normalized spacial score (nSPS) is 9.95. The van der Waals surface area contributed by atoms with E-state index in [1.165, 1.54) is 25.3 Å². The van der Waals surface area contributed by atoms with Gasteiger partial charge in [-0.2, -0.15) is 0 Å². The molecule has 0 saturated heterocycles. The molecule has 0 atom stereocenters. The highest BCUT2D eigenvalue weighted by Gasteiger charge is 2.23. The molecule has 1 aromatic carbocycles. The highest BCUT2D eigenvalue weighted by molar-refractivity contribution is 6.36. The summed E-state index contributed by atoms with van der Waals surface area (Å²) in [4.78, 5) is 38.8. The lowest BCUT2D eigenvalue weighted by molar-refractivity contribution is -0.180. The highest BCUT2D eigenvalue weighted by atomic mass is 19.1. The Labute approximate surface area is 115 Å². The number of ether oxygens (including phenoxy) is 1. The molecule has 1 rings (SSSR count). The number of hydroxylamine groups is 2. The van der Waals surface area contributed by atoms with Crippen molar-refractivity contribution in [3.63, 3.8) is 0 Å². The number of methoxy groups -OCH3 is 1. The van der Waals surface area contributed by atoms with Gasteiger partial charge < -0.3 is 4.74 Å². The second-order valence-electron chi connectivity index (χ2n) is 3.80. The lowest BCUT2D eigenvalue weighted by Crippen LogP contribution is -2.33. The molecule has 0 heterocycles. The number of rotatable bonds is 6. The zero-order chi connectivity index (χ0) is 15.1. The molecule has 0 aliphatic carbocycles. The molecule has 20 heavy (non-hydrogen) atoms. The second-order valence-corrected chi connectivity index (χ2v) is 3.80. The summed E-state index contributed by atoms with van der Waals surface area (Å²) in [5, 5.41) is 0.805. The molecule has 0 radical (unpaired) electrons. The van der Waals surface area contributed by atoms with Gasteiger partial charge in [-0.25, -0.2) is 14.2 Å². The van der Waals surface area contributed by atoms with Crippen molar-refractivity contribution in [3.05, 3.63) is 35.6 Å². The number of ketones is 1. The third-order valence-electron chi connectivity index (χ3n) is 2.50. The summed E-state index contributed by atoms with van der Waals surface area (Å²) >= 11 is 0. The molecule has 1 aromatic rings. The van der Waals surface area contributed by atoms with E-state index in [9.17, 15) is 18.8 Å². The Kier molecular flexibility index (Phi) is 5.79. The van der Waals surface area contributed by atoms with Crippen LogP contribution in [0.3, 0.4) is 0 Å². The first-order valence-electron chi connectivity index (χ1n) is 5.68. The van der Waals surface area contributed by atoms with Crippen molar-refractivity contribution < 1.29 is 28.3 Å². The molecule has 6 nitrogen and oxygen atoms in total. The zero-order valence-electron chi connectivity index (χ0n) is 11.1. The molecule has 0 spiro atoms. The fraction of sp³-hybridized carbons (Fsp3) is 0.308. The van der Waals surface area contributed by atoms with E-state index in [0.29, 0.717) is 0 Å². The van der Waals surface area contributed by atoms with Crippen LogP contribution < -0.4 is 0 Å². The standard InChI is InChI=1S/C13H14FNO5/c1-19-13(18)11(16)7-12(17)15(20-2)8-9-5-3-4-6-10(9)14/h3-6H,7-8H2,1-2H3. The van der Waals surface area contributed by atoms with E-state index in [-0.39, 0.29) is 12.1 Å². The molecular formula is C13H14FNO5. The van der Waals surface area contributed by atoms with Crippen LogP contribution in [0.4, 0.5) is 4.39 Å². The van der Waals surface area contributed by atoms with Crippen molar-refractivity contribution in [2.75, 3.05) is 14.2 Å². The lowest BCUT2D eigenvalue weighted by Gasteiger charge is -2.19. The maximum atomic E-state index is 13.5. The monoisotopic (exact) mass is 283 g/mol. The minimum atomic E-state index is -1.11. The van der Waals surface area contributed by atoms with E-state index in [2.05, 4.69) is 4.74 Å². The summed E-state index contributed by atoms with van der Waals surface area (Å²) in [6.45, 7) is -0.170. The van der Waals surface area contributed by atoms with Crippen molar-refractivity contribution in [2.24, 2.45) is 0 Å². The third-order valence-corrected chi connectivity index (χ3v) is 2.50. The first-order chi connectivity index (χ1) is 9.49. The number of Topliss-reactive ketones (excluding diaryl/α,β-unsaturated/α-hetero) is 1. The van der Waals surface area contributed by atoms with Gasteiger partial charge in [-0.1, -0.05) is 18.2 Å². The van der Waals surface area contributed by atoms with Gasteiger partial charge in [0, 0.05) is 5.56 Å². The molecule has 1 amide bonds. The molecule has 0 unspecified atom stereocenters. The SMILES string of the molecule is COC(=O)C(=O)CC(=O)N(Cc1ccccc1F)OC. The highest BCUT2D eigenvalue weighted by Crippen LogP contribution is 2.11. The van der Waals surface area contributed by atoms with Gasteiger partial charge in [-0.05, 0) is 6.07 Å². The summed E-state index contributed by atoms with van der Waals surface area (Å²) in [6.07, 6.45) is -0.699. The van der Waals surface area contributed by atoms with Gasteiger partial charge in [0.1, 0.15) is 5.82 Å². The Morgan fingerprint density at radius 1 is 1.20 bits per heavy atom. The average Bonchev–Trinajstić information content (AvgIpc) is 2.45. The molecule has 0 aromatic heterocycles. The summed E-state index contributed by atoms with van der Waals surface area (Å²) < 4.78 is 17.7. The van der Waals surface area contributed by atoms with Crippen LogP contribution in [-0.2, 0) is 30.5 Å². The summed E-state index contributed by atoms with van der Waals surface area (Å²) in [5.74, 6) is -3.36. The molecular weight excluding hydrogens is 269 g/mol. The van der Waals surface area contributed by atoms with Crippen molar-refractivity contribution >= 4 is 17.7 Å². The molecule has 7 heteroatoms. The van der Waals surface area contributed by atoms with Crippen LogP contribution in [0, 0.1) is 5.82 Å². The fourth-order valence-electron chi connectivity index (χ4n) is 1.45. The zero-order valence-corrected chi connectivity index (χ0v) is 11.1. The molecule has 0 bridgehead atoms. The van der Waals surface area contributed by atoms with Crippen molar-refractivity contribution in [3.8, 4) is 0 Å². The van der Waals surface area contributed by atoms with Gasteiger partial charge in [-0.15, -0.1) is 0 Å². The molecule has 0 aliphatic heterocycles. The topological polar surface area (TPSA) is 72.9 Å². The van der Waals surface area contributed by atoms with E-state index in [0.717, 1.165) is 12.2 Å². The van der Waals surface area contributed by atoms with E-state index in [1.54, 1.807) is 6.07 Å². The van der Waals surface area contributed by atoms with Gasteiger partial charge in [0.05, 0.1) is 27.2 Å². The molecule has 0 fully saturated rings. The maximum absolute atomic E-state index is 13.5.